The number of aromatic nitrogens is 3. The lowest BCUT2D eigenvalue weighted by molar-refractivity contribution is 0.122. The third-order valence-electron chi connectivity index (χ3n) is 6.68. The van der Waals surface area contributed by atoms with Gasteiger partial charge in [0.1, 0.15) is 30.1 Å². The topological polar surface area (TPSA) is 89.9 Å². The summed E-state index contributed by atoms with van der Waals surface area (Å²) >= 11 is 0. The Morgan fingerprint density at radius 2 is 2.10 bits per heavy atom. The number of fused-ring (bicyclic) bond motifs is 2. The summed E-state index contributed by atoms with van der Waals surface area (Å²) in [7, 11) is 0. The smallest absolute Gasteiger partial charge is 0.143 e. The van der Waals surface area contributed by atoms with E-state index in [1.54, 1.807) is 6.33 Å². The van der Waals surface area contributed by atoms with E-state index in [9.17, 15) is 5.26 Å². The number of nitrogens with one attached hydrogen (secondary N) is 2. The van der Waals surface area contributed by atoms with Crippen molar-refractivity contribution in [1.82, 2.24) is 19.9 Å². The Morgan fingerprint density at radius 1 is 1.20 bits per heavy atom. The number of benzene rings is 1. The molecule has 2 fully saturated rings. The fourth-order valence-corrected chi connectivity index (χ4v) is 4.87. The highest BCUT2D eigenvalue weighted by atomic mass is 16.5. The Balaban J connectivity index is 1.37. The predicted octanol–water partition coefficient (Wildman–Crippen LogP) is 3.59. The maximum atomic E-state index is 9.37. The fraction of sp³-hybridized carbons (Fsp3) is 0.435. The van der Waals surface area contributed by atoms with Crippen molar-refractivity contribution in [2.24, 2.45) is 5.92 Å². The first-order valence-corrected chi connectivity index (χ1v) is 10.8. The fourth-order valence-electron chi connectivity index (χ4n) is 4.87. The average molecular weight is 400 g/mol. The molecule has 2 N–H and O–H groups in total. The van der Waals surface area contributed by atoms with Crippen molar-refractivity contribution in [1.29, 1.82) is 5.26 Å². The standard InChI is InChI=1S/C23H24N6O/c24-10-14-7-8-29(11-14)19-12-30-20-4-2-1-3-16(20)21(19)28-23-17-9-18(15-5-6-15)27-22(17)25-13-26-23/h1-4,9,13-15,19,21H,5-8,11-12H2,(H2,25,26,27,28)/t14-,19+,21+/m1/s1. The van der Waals surface area contributed by atoms with Crippen LogP contribution in [0.25, 0.3) is 11.0 Å². The summed E-state index contributed by atoms with van der Waals surface area (Å²) in [6.07, 6.45) is 5.03. The van der Waals surface area contributed by atoms with Gasteiger partial charge >= 0.3 is 0 Å². The van der Waals surface area contributed by atoms with E-state index in [1.807, 2.05) is 12.1 Å². The van der Waals surface area contributed by atoms with Crippen molar-refractivity contribution in [3.8, 4) is 11.8 Å². The van der Waals surface area contributed by atoms with E-state index in [1.165, 1.54) is 18.5 Å². The van der Waals surface area contributed by atoms with Crippen molar-refractivity contribution in [2.75, 3.05) is 25.0 Å². The average Bonchev–Trinajstić information content (AvgIpc) is 3.35. The molecule has 7 nitrogen and oxygen atoms in total. The SMILES string of the molecule is N#C[C@H]1CCN([C@H]2COc3ccccc3[C@@H]2Nc2ncnc3[nH]c(C4CC4)cc23)C1. The first-order valence-electron chi connectivity index (χ1n) is 10.8. The molecule has 1 saturated carbocycles. The summed E-state index contributed by atoms with van der Waals surface area (Å²) in [5.41, 5.74) is 3.28. The number of likely N-dealkylation sites (tertiary alicyclic amines) is 1. The summed E-state index contributed by atoms with van der Waals surface area (Å²) in [5, 5.41) is 14.1. The van der Waals surface area contributed by atoms with Crippen molar-refractivity contribution in [2.45, 2.75) is 37.3 Å². The van der Waals surface area contributed by atoms with Crippen LogP contribution in [0.15, 0.2) is 36.7 Å². The van der Waals surface area contributed by atoms with Crippen LogP contribution in [0.2, 0.25) is 0 Å². The summed E-state index contributed by atoms with van der Waals surface area (Å²) in [4.78, 5) is 14.9. The second kappa shape index (κ2) is 6.99. The molecule has 152 valence electrons. The molecule has 4 heterocycles. The molecule has 6 rings (SSSR count). The number of hydrogen-bond donors (Lipinski definition) is 2. The predicted molar refractivity (Wildman–Crippen MR) is 113 cm³/mol. The van der Waals surface area contributed by atoms with Crippen LogP contribution >= 0.6 is 0 Å². The molecule has 0 radical (unpaired) electrons. The second-order valence-electron chi connectivity index (χ2n) is 8.63. The molecule has 1 saturated heterocycles. The Bertz CT molecular complexity index is 1130. The second-order valence-corrected chi connectivity index (χ2v) is 8.63. The third kappa shape index (κ3) is 2.99. The van der Waals surface area contributed by atoms with Gasteiger partial charge in [-0.15, -0.1) is 0 Å². The maximum Gasteiger partial charge on any atom is 0.143 e. The quantitative estimate of drug-likeness (QED) is 0.696. The van der Waals surface area contributed by atoms with Crippen LogP contribution in [0.4, 0.5) is 5.82 Å². The highest BCUT2D eigenvalue weighted by Crippen LogP contribution is 2.42. The van der Waals surface area contributed by atoms with Crippen molar-refractivity contribution < 1.29 is 4.74 Å². The van der Waals surface area contributed by atoms with Gasteiger partial charge in [0, 0.05) is 24.3 Å². The normalized spacial score (nSPS) is 26.2. The molecule has 1 aromatic carbocycles. The lowest BCUT2D eigenvalue weighted by Crippen LogP contribution is -2.47. The molecule has 1 aliphatic carbocycles. The van der Waals surface area contributed by atoms with E-state index >= 15 is 0 Å². The Labute approximate surface area is 175 Å². The summed E-state index contributed by atoms with van der Waals surface area (Å²) in [6.45, 7) is 2.31. The van der Waals surface area contributed by atoms with Crippen LogP contribution < -0.4 is 10.1 Å². The van der Waals surface area contributed by atoms with Gasteiger partial charge in [-0.3, -0.25) is 4.90 Å². The van der Waals surface area contributed by atoms with E-state index in [0.29, 0.717) is 12.5 Å². The lowest BCUT2D eigenvalue weighted by atomic mass is 9.95. The number of nitriles is 1. The Kier molecular flexibility index (Phi) is 4.13. The van der Waals surface area contributed by atoms with E-state index in [-0.39, 0.29) is 18.0 Å². The van der Waals surface area contributed by atoms with Crippen LogP contribution in [-0.4, -0.2) is 45.6 Å². The Hall–Kier alpha value is -3.11. The number of para-hydroxylation sites is 1. The number of rotatable bonds is 4. The molecular formula is C23H24N6O. The molecule has 3 aliphatic rings. The number of aromatic amines is 1. The number of H-pyrrole nitrogens is 1. The minimum atomic E-state index is 0.0322. The van der Waals surface area contributed by atoms with E-state index in [4.69, 9.17) is 4.74 Å². The zero-order chi connectivity index (χ0) is 20.1. The summed E-state index contributed by atoms with van der Waals surface area (Å²) in [5.74, 6) is 2.50. The minimum absolute atomic E-state index is 0.0322. The molecule has 0 amide bonds. The van der Waals surface area contributed by atoms with Gasteiger partial charge in [-0.25, -0.2) is 9.97 Å². The van der Waals surface area contributed by atoms with E-state index in [0.717, 1.165) is 47.7 Å². The van der Waals surface area contributed by atoms with Crippen molar-refractivity contribution in [3.05, 3.63) is 47.9 Å². The molecule has 2 aromatic heterocycles. The van der Waals surface area contributed by atoms with Crippen LogP contribution in [0, 0.1) is 17.2 Å². The van der Waals surface area contributed by atoms with Crippen LogP contribution in [0.1, 0.15) is 42.5 Å². The summed E-state index contributed by atoms with van der Waals surface area (Å²) < 4.78 is 6.11. The van der Waals surface area contributed by atoms with Crippen molar-refractivity contribution in [3.63, 3.8) is 0 Å². The van der Waals surface area contributed by atoms with Gasteiger partial charge in [-0.2, -0.15) is 5.26 Å². The van der Waals surface area contributed by atoms with Gasteiger partial charge in [0.2, 0.25) is 0 Å². The number of nitrogens with zero attached hydrogens (tertiary/aromatic N) is 4. The number of ether oxygens (including phenoxy) is 1. The van der Waals surface area contributed by atoms with E-state index in [2.05, 4.69) is 49.4 Å². The highest BCUT2D eigenvalue weighted by molar-refractivity contribution is 5.88. The monoisotopic (exact) mass is 400 g/mol. The molecule has 7 heteroatoms. The van der Waals surface area contributed by atoms with Gasteiger partial charge in [0.15, 0.2) is 0 Å². The molecular weight excluding hydrogens is 376 g/mol. The van der Waals surface area contributed by atoms with Gasteiger partial charge in [-0.05, 0) is 37.3 Å². The lowest BCUT2D eigenvalue weighted by Gasteiger charge is -2.39. The van der Waals surface area contributed by atoms with Crippen LogP contribution in [-0.2, 0) is 0 Å². The van der Waals surface area contributed by atoms with Crippen molar-refractivity contribution >= 4 is 16.9 Å². The molecule has 0 spiro atoms. The van der Waals surface area contributed by atoms with Gasteiger partial charge in [0.05, 0.1) is 29.5 Å². The zero-order valence-corrected chi connectivity index (χ0v) is 16.7. The van der Waals surface area contributed by atoms with Gasteiger partial charge < -0.3 is 15.0 Å². The molecule has 3 aromatic rings. The zero-order valence-electron chi connectivity index (χ0n) is 16.7. The van der Waals surface area contributed by atoms with Crippen LogP contribution in [0.5, 0.6) is 5.75 Å². The van der Waals surface area contributed by atoms with E-state index < -0.39 is 0 Å². The van der Waals surface area contributed by atoms with Gasteiger partial charge in [0.25, 0.3) is 0 Å². The maximum absolute atomic E-state index is 9.37. The molecule has 2 aliphatic heterocycles. The Morgan fingerprint density at radius 3 is 2.93 bits per heavy atom. The van der Waals surface area contributed by atoms with Crippen LogP contribution in [0.3, 0.4) is 0 Å². The first-order chi connectivity index (χ1) is 14.8. The summed E-state index contributed by atoms with van der Waals surface area (Å²) in [6, 6.07) is 13.0. The third-order valence-corrected chi connectivity index (χ3v) is 6.68. The molecule has 30 heavy (non-hydrogen) atoms. The first kappa shape index (κ1) is 17.7. The molecule has 0 bridgehead atoms. The minimum Gasteiger partial charge on any atom is -0.491 e. The van der Waals surface area contributed by atoms with Gasteiger partial charge in [-0.1, -0.05) is 18.2 Å². The largest absolute Gasteiger partial charge is 0.491 e. The number of anilines is 1. The highest BCUT2D eigenvalue weighted by Gasteiger charge is 2.38. The molecule has 0 unspecified atom stereocenters. The molecule has 3 atom stereocenters. The number of hydrogen-bond acceptors (Lipinski definition) is 6.